The summed E-state index contributed by atoms with van der Waals surface area (Å²) in [5, 5.41) is 6.30. The molecule has 2 rings (SSSR count). The molecule has 1 aromatic carbocycles. The third-order valence-corrected chi connectivity index (χ3v) is 3.61. The molecule has 0 saturated carbocycles. The molecule has 1 atom stereocenters. The lowest BCUT2D eigenvalue weighted by Gasteiger charge is -2.24. The maximum absolute atomic E-state index is 11.9. The van der Waals surface area contributed by atoms with Gasteiger partial charge in [0.1, 0.15) is 5.75 Å². The van der Waals surface area contributed by atoms with Crippen molar-refractivity contribution in [3.8, 4) is 5.75 Å². The Balaban J connectivity index is 1.87. The van der Waals surface area contributed by atoms with Gasteiger partial charge >= 0.3 is 0 Å². The van der Waals surface area contributed by atoms with Crippen molar-refractivity contribution in [3.63, 3.8) is 0 Å². The van der Waals surface area contributed by atoms with E-state index in [1.165, 1.54) is 5.56 Å². The van der Waals surface area contributed by atoms with Gasteiger partial charge in [-0.3, -0.25) is 4.79 Å². The molecule has 4 nitrogen and oxygen atoms in total. The van der Waals surface area contributed by atoms with Crippen LogP contribution in [0.3, 0.4) is 0 Å². The number of aryl methyl sites for hydroxylation is 3. The van der Waals surface area contributed by atoms with E-state index in [2.05, 4.69) is 29.7 Å². The van der Waals surface area contributed by atoms with Crippen molar-refractivity contribution in [3.05, 3.63) is 28.8 Å². The van der Waals surface area contributed by atoms with Gasteiger partial charge in [0.15, 0.2) is 6.61 Å². The number of benzene rings is 1. The number of carbonyl (C=O) groups is 1. The molecule has 1 aromatic rings. The maximum Gasteiger partial charge on any atom is 0.258 e. The number of carbonyl (C=O) groups excluding carboxylic acids is 1. The molecule has 1 unspecified atom stereocenters. The van der Waals surface area contributed by atoms with Gasteiger partial charge in [0, 0.05) is 12.6 Å². The third kappa shape index (κ3) is 3.97. The van der Waals surface area contributed by atoms with Crippen LogP contribution >= 0.6 is 0 Å². The first-order chi connectivity index (χ1) is 9.56. The Morgan fingerprint density at radius 2 is 2.05 bits per heavy atom. The lowest BCUT2D eigenvalue weighted by Crippen LogP contribution is -2.47. The molecule has 1 heterocycles. The van der Waals surface area contributed by atoms with Crippen molar-refractivity contribution in [2.45, 2.75) is 39.7 Å². The summed E-state index contributed by atoms with van der Waals surface area (Å²) in [6, 6.07) is 4.39. The molecule has 4 heteroatoms. The fourth-order valence-electron chi connectivity index (χ4n) is 2.78. The van der Waals surface area contributed by atoms with E-state index in [1.807, 2.05) is 13.8 Å². The molecule has 1 aliphatic rings. The van der Waals surface area contributed by atoms with Gasteiger partial charge in [-0.1, -0.05) is 17.7 Å². The minimum atomic E-state index is -0.0434. The van der Waals surface area contributed by atoms with E-state index >= 15 is 0 Å². The minimum absolute atomic E-state index is 0.0434. The van der Waals surface area contributed by atoms with Crippen LogP contribution in [0.25, 0.3) is 0 Å². The van der Waals surface area contributed by atoms with Gasteiger partial charge in [0.05, 0.1) is 0 Å². The highest BCUT2D eigenvalue weighted by Crippen LogP contribution is 2.24. The molecule has 20 heavy (non-hydrogen) atoms. The first-order valence-electron chi connectivity index (χ1n) is 7.27. The summed E-state index contributed by atoms with van der Waals surface area (Å²) in [5.41, 5.74) is 3.37. The van der Waals surface area contributed by atoms with Gasteiger partial charge < -0.3 is 15.4 Å². The average molecular weight is 276 g/mol. The zero-order valence-corrected chi connectivity index (χ0v) is 12.6. The third-order valence-electron chi connectivity index (χ3n) is 3.61. The summed E-state index contributed by atoms with van der Waals surface area (Å²) < 4.78 is 5.69. The van der Waals surface area contributed by atoms with Crippen molar-refractivity contribution >= 4 is 5.91 Å². The predicted octanol–water partition coefficient (Wildman–Crippen LogP) is 1.86. The fourth-order valence-corrected chi connectivity index (χ4v) is 2.78. The van der Waals surface area contributed by atoms with Crippen molar-refractivity contribution in [1.29, 1.82) is 0 Å². The molecule has 1 saturated heterocycles. The molecular weight excluding hydrogens is 252 g/mol. The Kier molecular flexibility index (Phi) is 5.01. The van der Waals surface area contributed by atoms with E-state index in [0.29, 0.717) is 0 Å². The standard InChI is InChI=1S/C16H24N2O2/c1-11-7-12(2)16(13(3)8-11)20-10-15(19)18-14-5-4-6-17-9-14/h7-8,14,17H,4-6,9-10H2,1-3H3,(H,18,19). The monoisotopic (exact) mass is 276 g/mol. The second-order valence-corrected chi connectivity index (χ2v) is 5.63. The number of piperidine rings is 1. The quantitative estimate of drug-likeness (QED) is 0.882. The lowest BCUT2D eigenvalue weighted by atomic mass is 10.1. The van der Waals surface area contributed by atoms with Crippen molar-refractivity contribution in [2.24, 2.45) is 0 Å². The Morgan fingerprint density at radius 1 is 1.35 bits per heavy atom. The molecular formula is C16H24N2O2. The first kappa shape index (κ1) is 14.9. The summed E-state index contributed by atoms with van der Waals surface area (Å²) in [4.78, 5) is 11.9. The Labute approximate surface area is 120 Å². The fraction of sp³-hybridized carbons (Fsp3) is 0.562. The summed E-state index contributed by atoms with van der Waals surface area (Å²) >= 11 is 0. The zero-order chi connectivity index (χ0) is 14.5. The molecule has 0 bridgehead atoms. The van der Waals surface area contributed by atoms with Gasteiger partial charge in [-0.15, -0.1) is 0 Å². The van der Waals surface area contributed by atoms with Crippen LogP contribution in [0.4, 0.5) is 0 Å². The van der Waals surface area contributed by atoms with Crippen LogP contribution in [0.5, 0.6) is 5.75 Å². The topological polar surface area (TPSA) is 50.4 Å². The summed E-state index contributed by atoms with van der Waals surface area (Å²) in [5.74, 6) is 0.783. The van der Waals surface area contributed by atoms with Crippen molar-refractivity contribution < 1.29 is 9.53 Å². The zero-order valence-electron chi connectivity index (χ0n) is 12.6. The summed E-state index contributed by atoms with van der Waals surface area (Å²) in [6.45, 7) is 8.07. The van der Waals surface area contributed by atoms with Crippen LogP contribution in [-0.4, -0.2) is 31.6 Å². The van der Waals surface area contributed by atoms with Gasteiger partial charge in [-0.05, 0) is 51.3 Å². The molecule has 0 radical (unpaired) electrons. The summed E-state index contributed by atoms with van der Waals surface area (Å²) in [6.07, 6.45) is 2.16. The van der Waals surface area contributed by atoms with Gasteiger partial charge in [0.2, 0.25) is 0 Å². The lowest BCUT2D eigenvalue weighted by molar-refractivity contribution is -0.123. The first-order valence-corrected chi connectivity index (χ1v) is 7.27. The van der Waals surface area contributed by atoms with Crippen LogP contribution in [0.15, 0.2) is 12.1 Å². The molecule has 1 amide bonds. The van der Waals surface area contributed by atoms with E-state index < -0.39 is 0 Å². The van der Waals surface area contributed by atoms with E-state index in [1.54, 1.807) is 0 Å². The summed E-state index contributed by atoms with van der Waals surface area (Å²) in [7, 11) is 0. The number of ether oxygens (including phenoxy) is 1. The Bertz CT molecular complexity index is 456. The number of hydrogen-bond donors (Lipinski definition) is 2. The Morgan fingerprint density at radius 3 is 2.65 bits per heavy atom. The molecule has 2 N–H and O–H groups in total. The van der Waals surface area contributed by atoms with Crippen molar-refractivity contribution in [1.82, 2.24) is 10.6 Å². The van der Waals surface area contributed by atoms with E-state index in [9.17, 15) is 4.79 Å². The van der Waals surface area contributed by atoms with Crippen LogP contribution < -0.4 is 15.4 Å². The van der Waals surface area contributed by atoms with Gasteiger partial charge in [-0.2, -0.15) is 0 Å². The maximum atomic E-state index is 11.9. The normalized spacial score (nSPS) is 18.6. The van der Waals surface area contributed by atoms with Crippen LogP contribution in [-0.2, 0) is 4.79 Å². The average Bonchev–Trinajstić information content (AvgIpc) is 2.38. The second-order valence-electron chi connectivity index (χ2n) is 5.63. The molecule has 0 spiro atoms. The largest absolute Gasteiger partial charge is 0.483 e. The van der Waals surface area contributed by atoms with Crippen LogP contribution in [0.1, 0.15) is 29.5 Å². The highest BCUT2D eigenvalue weighted by Gasteiger charge is 2.16. The van der Waals surface area contributed by atoms with Gasteiger partial charge in [-0.25, -0.2) is 0 Å². The number of amides is 1. The highest BCUT2D eigenvalue weighted by molar-refractivity contribution is 5.78. The van der Waals surface area contributed by atoms with E-state index in [4.69, 9.17) is 4.74 Å². The second kappa shape index (κ2) is 6.75. The molecule has 1 aliphatic heterocycles. The van der Waals surface area contributed by atoms with Crippen molar-refractivity contribution in [2.75, 3.05) is 19.7 Å². The molecule has 0 aromatic heterocycles. The Hall–Kier alpha value is -1.55. The van der Waals surface area contributed by atoms with Gasteiger partial charge in [0.25, 0.3) is 5.91 Å². The van der Waals surface area contributed by atoms with Crippen LogP contribution in [0, 0.1) is 20.8 Å². The minimum Gasteiger partial charge on any atom is -0.483 e. The molecule has 0 aliphatic carbocycles. The van der Waals surface area contributed by atoms with E-state index in [-0.39, 0.29) is 18.6 Å². The molecule has 110 valence electrons. The predicted molar refractivity (Wildman–Crippen MR) is 80.2 cm³/mol. The number of nitrogens with one attached hydrogen (secondary N) is 2. The van der Waals surface area contributed by atoms with Crippen LogP contribution in [0.2, 0.25) is 0 Å². The number of hydrogen-bond acceptors (Lipinski definition) is 3. The SMILES string of the molecule is Cc1cc(C)c(OCC(=O)NC2CCCNC2)c(C)c1. The highest BCUT2D eigenvalue weighted by atomic mass is 16.5. The molecule has 1 fully saturated rings. The number of rotatable bonds is 4. The smallest absolute Gasteiger partial charge is 0.258 e. The van der Waals surface area contributed by atoms with E-state index in [0.717, 1.165) is 42.8 Å².